The average Bonchev–Trinajstić information content (AvgIpc) is 3.07. The summed E-state index contributed by atoms with van der Waals surface area (Å²) in [7, 11) is -2.05. The van der Waals surface area contributed by atoms with Gasteiger partial charge < -0.3 is 10.2 Å². The molecule has 1 aromatic carbocycles. The Morgan fingerprint density at radius 2 is 1.97 bits per heavy atom. The van der Waals surface area contributed by atoms with E-state index in [1.807, 2.05) is 11.9 Å². The summed E-state index contributed by atoms with van der Waals surface area (Å²) in [6, 6.07) is 9.27. The van der Waals surface area contributed by atoms with Crippen molar-refractivity contribution in [1.82, 2.24) is 4.90 Å². The van der Waals surface area contributed by atoms with E-state index in [1.54, 1.807) is 24.3 Å². The maximum Gasteiger partial charge on any atom is 0.284 e. The number of benzene rings is 1. The van der Waals surface area contributed by atoms with E-state index < -0.39 is 10.0 Å². The van der Waals surface area contributed by atoms with Crippen molar-refractivity contribution in [3.05, 3.63) is 45.6 Å². The van der Waals surface area contributed by atoms with Gasteiger partial charge in [-0.05, 0) is 43.2 Å². The number of ketones is 1. The zero-order valence-electron chi connectivity index (χ0n) is 17.1. The zero-order chi connectivity index (χ0) is 22.4. The molecule has 0 atom stereocenters. The molecule has 7 nitrogen and oxygen atoms in total. The largest absolute Gasteiger partial charge is 0.362 e. The van der Waals surface area contributed by atoms with Gasteiger partial charge in [-0.2, -0.15) is 8.42 Å². The first kappa shape index (κ1) is 23.4. The van der Waals surface area contributed by atoms with Gasteiger partial charge in [-0.3, -0.25) is 9.59 Å². The number of amidine groups is 1. The Labute approximate surface area is 191 Å². The van der Waals surface area contributed by atoms with Crippen molar-refractivity contribution in [2.45, 2.75) is 43.4 Å². The van der Waals surface area contributed by atoms with Crippen molar-refractivity contribution in [3.63, 3.8) is 0 Å². The van der Waals surface area contributed by atoms with Crippen molar-refractivity contribution in [1.29, 1.82) is 0 Å². The highest BCUT2D eigenvalue weighted by Gasteiger charge is 2.19. The molecule has 0 saturated carbocycles. The molecule has 2 heterocycles. The second kappa shape index (κ2) is 10.4. The molecule has 0 unspecified atom stereocenters. The monoisotopic (exact) mass is 481 g/mol. The lowest BCUT2D eigenvalue weighted by molar-refractivity contribution is -0.116. The molecular formula is C21H24ClN3O4S2. The predicted octanol–water partition coefficient (Wildman–Crippen LogP) is 4.60. The third kappa shape index (κ3) is 6.62. The highest BCUT2D eigenvalue weighted by Crippen LogP contribution is 2.23. The number of sulfonamides is 1. The van der Waals surface area contributed by atoms with Crippen LogP contribution in [-0.2, 0) is 14.8 Å². The van der Waals surface area contributed by atoms with Crippen LogP contribution in [0, 0.1) is 0 Å². The van der Waals surface area contributed by atoms with Crippen molar-refractivity contribution in [2.24, 2.45) is 4.40 Å². The number of amides is 1. The van der Waals surface area contributed by atoms with Gasteiger partial charge in [0.05, 0.1) is 14.1 Å². The van der Waals surface area contributed by atoms with Crippen LogP contribution in [0.3, 0.4) is 0 Å². The molecule has 0 aliphatic carbocycles. The minimum Gasteiger partial charge on any atom is -0.362 e. The average molecular weight is 482 g/mol. The quantitative estimate of drug-likeness (QED) is 0.583. The minimum absolute atomic E-state index is 0.0137. The van der Waals surface area contributed by atoms with Crippen LogP contribution in [0.25, 0.3) is 0 Å². The van der Waals surface area contributed by atoms with E-state index in [9.17, 15) is 18.0 Å². The summed E-state index contributed by atoms with van der Waals surface area (Å²) < 4.78 is 30.1. The zero-order valence-corrected chi connectivity index (χ0v) is 19.5. The third-order valence-corrected chi connectivity index (χ3v) is 7.48. The standard InChI is InChI=1S/C21H24ClN3O4S2/c1-25-13-4-2-3-8-20(25)24-31(28,29)16-7-5-6-15(14-16)23-21(27)12-9-17(26)18-10-11-19(22)30-18/h5-7,10-11,14H,2-4,8-9,12-13H2,1H3,(H,23,27)/b24-20+. The summed E-state index contributed by atoms with van der Waals surface area (Å²) in [5.41, 5.74) is 0.340. The van der Waals surface area contributed by atoms with Crippen LogP contribution in [0.5, 0.6) is 0 Å². The first-order valence-corrected chi connectivity index (χ1v) is 12.6. The fraction of sp³-hybridized carbons (Fsp3) is 0.381. The van der Waals surface area contributed by atoms with Gasteiger partial charge in [-0.15, -0.1) is 15.7 Å². The second-order valence-corrected chi connectivity index (χ2v) is 10.6. The minimum atomic E-state index is -3.90. The molecule has 3 rings (SSSR count). The summed E-state index contributed by atoms with van der Waals surface area (Å²) in [6.45, 7) is 0.779. The molecule has 10 heteroatoms. The number of hydrogen-bond acceptors (Lipinski definition) is 5. The molecule has 0 bridgehead atoms. The Morgan fingerprint density at radius 3 is 2.71 bits per heavy atom. The van der Waals surface area contributed by atoms with Crippen LogP contribution >= 0.6 is 22.9 Å². The van der Waals surface area contributed by atoms with Crippen molar-refractivity contribution in [3.8, 4) is 0 Å². The molecule has 1 amide bonds. The van der Waals surface area contributed by atoms with Crippen LogP contribution in [0.15, 0.2) is 45.7 Å². The highest BCUT2D eigenvalue weighted by molar-refractivity contribution is 7.90. The molecule has 1 saturated heterocycles. The Bertz CT molecular complexity index is 1100. The lowest BCUT2D eigenvalue weighted by Crippen LogP contribution is -2.26. The number of Topliss-reactive ketones (excluding diaryl/α,β-unsaturated/α-hetero) is 1. The number of nitrogens with one attached hydrogen (secondary N) is 1. The first-order chi connectivity index (χ1) is 14.7. The van der Waals surface area contributed by atoms with Crippen molar-refractivity contribution in [2.75, 3.05) is 18.9 Å². The first-order valence-electron chi connectivity index (χ1n) is 9.98. The van der Waals surface area contributed by atoms with Crippen LogP contribution in [-0.4, -0.2) is 44.4 Å². The molecule has 1 fully saturated rings. The van der Waals surface area contributed by atoms with Crippen LogP contribution in [0.1, 0.15) is 48.2 Å². The molecule has 0 spiro atoms. The van der Waals surface area contributed by atoms with Gasteiger partial charge in [0, 0.05) is 38.5 Å². The van der Waals surface area contributed by atoms with E-state index in [0.717, 1.165) is 25.8 Å². The summed E-state index contributed by atoms with van der Waals surface area (Å²) >= 11 is 7.00. The molecule has 0 radical (unpaired) electrons. The molecular weight excluding hydrogens is 458 g/mol. The van der Waals surface area contributed by atoms with Crippen LogP contribution < -0.4 is 5.32 Å². The van der Waals surface area contributed by atoms with E-state index in [-0.39, 0.29) is 29.4 Å². The van der Waals surface area contributed by atoms with Gasteiger partial charge in [0.1, 0.15) is 5.84 Å². The van der Waals surface area contributed by atoms with Gasteiger partial charge >= 0.3 is 0 Å². The smallest absolute Gasteiger partial charge is 0.284 e. The highest BCUT2D eigenvalue weighted by atomic mass is 35.5. The third-order valence-electron chi connectivity index (χ3n) is 4.90. The van der Waals surface area contributed by atoms with Crippen LogP contribution in [0.2, 0.25) is 4.34 Å². The molecule has 1 aliphatic rings. The van der Waals surface area contributed by atoms with E-state index in [0.29, 0.717) is 27.2 Å². The maximum atomic E-state index is 12.8. The molecule has 31 heavy (non-hydrogen) atoms. The van der Waals surface area contributed by atoms with E-state index in [1.165, 1.54) is 23.5 Å². The van der Waals surface area contributed by atoms with E-state index >= 15 is 0 Å². The lowest BCUT2D eigenvalue weighted by atomic mass is 10.2. The molecule has 1 N–H and O–H groups in total. The number of carbonyl (C=O) groups is 2. The molecule has 166 valence electrons. The maximum absolute atomic E-state index is 12.8. The SMILES string of the molecule is CN1CCCCC/C1=N\S(=O)(=O)c1cccc(NC(=O)CCC(=O)c2ccc(Cl)s2)c1. The van der Waals surface area contributed by atoms with Crippen LogP contribution in [0.4, 0.5) is 5.69 Å². The van der Waals surface area contributed by atoms with Gasteiger partial charge in [0.15, 0.2) is 5.78 Å². The Kier molecular flexibility index (Phi) is 7.85. The number of thiophene rings is 1. The fourth-order valence-electron chi connectivity index (χ4n) is 3.21. The Hall–Kier alpha value is -2.23. The number of hydrogen-bond donors (Lipinski definition) is 1. The normalized spacial score (nSPS) is 16.2. The summed E-state index contributed by atoms with van der Waals surface area (Å²) in [5, 5.41) is 2.65. The van der Waals surface area contributed by atoms with Crippen molar-refractivity contribution < 1.29 is 18.0 Å². The van der Waals surface area contributed by atoms with Crippen molar-refractivity contribution >= 4 is 56.2 Å². The molecule has 1 aromatic heterocycles. The van der Waals surface area contributed by atoms with Gasteiger partial charge in [0.25, 0.3) is 10.0 Å². The second-order valence-electron chi connectivity index (χ2n) is 7.32. The number of anilines is 1. The van der Waals surface area contributed by atoms with Gasteiger partial charge in [-0.25, -0.2) is 0 Å². The number of carbonyl (C=O) groups excluding carboxylic acids is 2. The predicted molar refractivity (Wildman–Crippen MR) is 124 cm³/mol. The number of halogens is 1. The number of rotatable bonds is 7. The summed E-state index contributed by atoms with van der Waals surface area (Å²) in [6.07, 6.45) is 3.62. The molecule has 2 aromatic rings. The van der Waals surface area contributed by atoms with E-state index in [4.69, 9.17) is 11.6 Å². The Balaban J connectivity index is 1.65. The fourth-order valence-corrected chi connectivity index (χ4v) is 5.36. The van der Waals surface area contributed by atoms with Gasteiger partial charge in [-0.1, -0.05) is 24.1 Å². The number of likely N-dealkylation sites (tertiary alicyclic amines) is 1. The summed E-state index contributed by atoms with van der Waals surface area (Å²) in [4.78, 5) is 26.8. The molecule has 1 aliphatic heterocycles. The van der Waals surface area contributed by atoms with E-state index in [2.05, 4.69) is 9.71 Å². The number of nitrogens with zero attached hydrogens (tertiary/aromatic N) is 2. The Morgan fingerprint density at radius 1 is 1.16 bits per heavy atom. The topological polar surface area (TPSA) is 95.9 Å². The summed E-state index contributed by atoms with van der Waals surface area (Å²) in [5.74, 6) is 0.0196. The van der Waals surface area contributed by atoms with Gasteiger partial charge in [0.2, 0.25) is 5.91 Å². The lowest BCUT2D eigenvalue weighted by Gasteiger charge is -2.17.